The number of anilines is 1. The van der Waals surface area contributed by atoms with Crippen LogP contribution in [0.5, 0.6) is 0 Å². The summed E-state index contributed by atoms with van der Waals surface area (Å²) in [7, 11) is 0. The lowest BCUT2D eigenvalue weighted by atomic mass is 9.87. The average molecular weight is 288 g/mol. The first-order chi connectivity index (χ1) is 9.86. The van der Waals surface area contributed by atoms with Gasteiger partial charge in [0.25, 0.3) is 0 Å². The smallest absolute Gasteiger partial charge is 0.0342 e. The van der Waals surface area contributed by atoms with E-state index in [1.807, 2.05) is 0 Å². The van der Waals surface area contributed by atoms with Crippen molar-refractivity contribution < 1.29 is 0 Å². The van der Waals surface area contributed by atoms with Crippen molar-refractivity contribution in [2.45, 2.75) is 71.4 Å². The molecular weight excluding hydrogens is 256 g/mol. The second-order valence-corrected chi connectivity index (χ2v) is 7.73. The van der Waals surface area contributed by atoms with Crippen LogP contribution < -0.4 is 5.32 Å². The third-order valence-corrected chi connectivity index (χ3v) is 4.61. The van der Waals surface area contributed by atoms with Gasteiger partial charge in [-0.05, 0) is 62.8 Å². The molecule has 0 saturated carbocycles. The van der Waals surface area contributed by atoms with Crippen LogP contribution in [0.3, 0.4) is 0 Å². The largest absolute Gasteiger partial charge is 0.382 e. The molecule has 0 bridgehead atoms. The van der Waals surface area contributed by atoms with Crippen molar-refractivity contribution in [3.05, 3.63) is 29.8 Å². The Labute approximate surface area is 130 Å². The Kier molecular flexibility index (Phi) is 5.32. The molecule has 0 aromatic heterocycles. The molecule has 0 radical (unpaired) electrons. The van der Waals surface area contributed by atoms with E-state index in [4.69, 9.17) is 0 Å². The van der Waals surface area contributed by atoms with Crippen LogP contribution >= 0.6 is 0 Å². The molecule has 21 heavy (non-hydrogen) atoms. The molecule has 118 valence electrons. The molecule has 1 heterocycles. The Bertz CT molecular complexity index is 428. The van der Waals surface area contributed by atoms with Gasteiger partial charge in [-0.15, -0.1) is 0 Å². The molecule has 1 fully saturated rings. The van der Waals surface area contributed by atoms with E-state index in [0.29, 0.717) is 12.1 Å². The molecule has 1 unspecified atom stereocenters. The molecule has 0 spiro atoms. The molecular formula is C19H32N2. The molecule has 1 N–H and O–H groups in total. The van der Waals surface area contributed by atoms with Gasteiger partial charge in [-0.25, -0.2) is 0 Å². The normalized spacial score (nSPS) is 21.3. The lowest BCUT2D eigenvalue weighted by Gasteiger charge is -2.24. The predicted molar refractivity (Wildman–Crippen MR) is 93.1 cm³/mol. The minimum Gasteiger partial charge on any atom is -0.382 e. The van der Waals surface area contributed by atoms with Gasteiger partial charge in [-0.3, -0.25) is 0 Å². The number of nitrogens with one attached hydrogen (secondary N) is 1. The molecule has 1 atom stereocenters. The molecule has 0 aliphatic carbocycles. The van der Waals surface area contributed by atoms with Gasteiger partial charge in [-0.2, -0.15) is 0 Å². The highest BCUT2D eigenvalue weighted by atomic mass is 15.1. The number of nitrogens with zero attached hydrogens (tertiary/aromatic N) is 1. The highest BCUT2D eigenvalue weighted by Gasteiger charge is 2.19. The summed E-state index contributed by atoms with van der Waals surface area (Å²) in [5.74, 6) is 0. The maximum absolute atomic E-state index is 3.73. The number of likely N-dealkylation sites (tertiary alicyclic amines) is 1. The van der Waals surface area contributed by atoms with Crippen LogP contribution in [0.2, 0.25) is 0 Å². The van der Waals surface area contributed by atoms with Crippen LogP contribution in [-0.2, 0) is 5.41 Å². The zero-order valence-corrected chi connectivity index (χ0v) is 14.4. The quantitative estimate of drug-likeness (QED) is 0.870. The Balaban J connectivity index is 1.93. The average Bonchev–Trinajstić information content (AvgIpc) is 2.64. The monoisotopic (exact) mass is 288 g/mol. The van der Waals surface area contributed by atoms with Gasteiger partial charge in [0.1, 0.15) is 0 Å². The van der Waals surface area contributed by atoms with E-state index in [1.54, 1.807) is 0 Å². The van der Waals surface area contributed by atoms with Gasteiger partial charge in [-0.1, -0.05) is 32.9 Å². The van der Waals surface area contributed by atoms with E-state index in [0.717, 1.165) is 0 Å². The maximum Gasteiger partial charge on any atom is 0.0342 e. The highest BCUT2D eigenvalue weighted by Crippen LogP contribution is 2.24. The summed E-state index contributed by atoms with van der Waals surface area (Å²) in [4.78, 5) is 2.60. The van der Waals surface area contributed by atoms with E-state index < -0.39 is 0 Å². The summed E-state index contributed by atoms with van der Waals surface area (Å²) < 4.78 is 0. The van der Waals surface area contributed by atoms with Crippen molar-refractivity contribution in [3.63, 3.8) is 0 Å². The highest BCUT2D eigenvalue weighted by molar-refractivity contribution is 5.46. The Morgan fingerprint density at radius 2 is 1.71 bits per heavy atom. The molecule has 1 aromatic carbocycles. The summed E-state index contributed by atoms with van der Waals surface area (Å²) in [6.07, 6.45) is 3.83. The summed E-state index contributed by atoms with van der Waals surface area (Å²) in [5.41, 5.74) is 2.91. The minimum atomic E-state index is 0.235. The van der Waals surface area contributed by atoms with E-state index in [-0.39, 0.29) is 5.41 Å². The van der Waals surface area contributed by atoms with Gasteiger partial charge < -0.3 is 10.2 Å². The van der Waals surface area contributed by atoms with Crippen molar-refractivity contribution in [2.24, 2.45) is 0 Å². The van der Waals surface area contributed by atoms with Crippen molar-refractivity contribution in [2.75, 3.05) is 18.4 Å². The van der Waals surface area contributed by atoms with Gasteiger partial charge in [0.2, 0.25) is 0 Å². The van der Waals surface area contributed by atoms with Crippen LogP contribution in [-0.4, -0.2) is 30.1 Å². The van der Waals surface area contributed by atoms with Crippen LogP contribution in [0, 0.1) is 0 Å². The molecule has 2 heteroatoms. The van der Waals surface area contributed by atoms with Crippen molar-refractivity contribution in [1.29, 1.82) is 0 Å². The summed E-state index contributed by atoms with van der Waals surface area (Å²) >= 11 is 0. The Hall–Kier alpha value is -1.02. The molecule has 2 rings (SSSR count). The maximum atomic E-state index is 3.73. The van der Waals surface area contributed by atoms with Crippen LogP contribution in [0.15, 0.2) is 24.3 Å². The van der Waals surface area contributed by atoms with Crippen LogP contribution in [0.1, 0.15) is 59.4 Å². The fourth-order valence-electron chi connectivity index (χ4n) is 3.08. The molecule has 0 amide bonds. The van der Waals surface area contributed by atoms with Gasteiger partial charge in [0, 0.05) is 24.3 Å². The Morgan fingerprint density at radius 3 is 2.29 bits per heavy atom. The fourth-order valence-corrected chi connectivity index (χ4v) is 3.08. The number of hydrogen-bond donors (Lipinski definition) is 1. The van der Waals surface area contributed by atoms with E-state index in [2.05, 4.69) is 69.1 Å². The van der Waals surface area contributed by atoms with Crippen molar-refractivity contribution >= 4 is 5.69 Å². The fraction of sp³-hybridized carbons (Fsp3) is 0.684. The standard InChI is InChI=1S/C19H32N2/c1-15(2)21-13-6-7-17(12-14-21)20-18-10-8-16(9-11-18)19(3,4)5/h8-11,15,17,20H,6-7,12-14H2,1-5H3. The van der Waals surface area contributed by atoms with Gasteiger partial charge in [0.15, 0.2) is 0 Å². The Morgan fingerprint density at radius 1 is 1.05 bits per heavy atom. The second kappa shape index (κ2) is 6.83. The van der Waals surface area contributed by atoms with E-state index >= 15 is 0 Å². The summed E-state index contributed by atoms with van der Waals surface area (Å²) in [5, 5.41) is 3.73. The zero-order valence-electron chi connectivity index (χ0n) is 14.4. The molecule has 1 aliphatic heterocycles. The van der Waals surface area contributed by atoms with Crippen molar-refractivity contribution in [3.8, 4) is 0 Å². The van der Waals surface area contributed by atoms with Gasteiger partial charge in [0.05, 0.1) is 0 Å². The first-order valence-electron chi connectivity index (χ1n) is 8.47. The minimum absolute atomic E-state index is 0.235. The lowest BCUT2D eigenvalue weighted by Crippen LogP contribution is -2.32. The zero-order chi connectivity index (χ0) is 15.5. The van der Waals surface area contributed by atoms with Crippen LogP contribution in [0.25, 0.3) is 0 Å². The molecule has 2 nitrogen and oxygen atoms in total. The first kappa shape index (κ1) is 16.4. The molecule has 1 aromatic rings. The number of benzene rings is 1. The third kappa shape index (κ3) is 4.74. The predicted octanol–water partition coefficient (Wildman–Crippen LogP) is 4.66. The van der Waals surface area contributed by atoms with Gasteiger partial charge >= 0.3 is 0 Å². The summed E-state index contributed by atoms with van der Waals surface area (Å²) in [6, 6.07) is 10.3. The van der Waals surface area contributed by atoms with E-state index in [9.17, 15) is 0 Å². The number of rotatable bonds is 3. The van der Waals surface area contributed by atoms with Crippen molar-refractivity contribution in [1.82, 2.24) is 4.90 Å². The summed E-state index contributed by atoms with van der Waals surface area (Å²) in [6.45, 7) is 13.9. The second-order valence-electron chi connectivity index (χ2n) is 7.73. The lowest BCUT2D eigenvalue weighted by molar-refractivity contribution is 0.230. The topological polar surface area (TPSA) is 15.3 Å². The van der Waals surface area contributed by atoms with E-state index in [1.165, 1.54) is 43.6 Å². The molecule has 1 saturated heterocycles. The third-order valence-electron chi connectivity index (χ3n) is 4.61. The first-order valence-corrected chi connectivity index (χ1v) is 8.47. The van der Waals surface area contributed by atoms with Crippen LogP contribution in [0.4, 0.5) is 5.69 Å². The SMILES string of the molecule is CC(C)N1CCCC(Nc2ccc(C(C)(C)C)cc2)CC1. The number of hydrogen-bond acceptors (Lipinski definition) is 2. The molecule has 1 aliphatic rings.